The van der Waals surface area contributed by atoms with Crippen LogP contribution in [0.25, 0.3) is 0 Å². The predicted molar refractivity (Wildman–Crippen MR) is 64.9 cm³/mol. The number of halogens is 2. The van der Waals surface area contributed by atoms with Crippen molar-refractivity contribution < 1.29 is 14.1 Å². The van der Waals surface area contributed by atoms with E-state index in [2.05, 4.69) is 9.97 Å². The summed E-state index contributed by atoms with van der Waals surface area (Å²) >= 11 is 5.60. The highest BCUT2D eigenvalue weighted by molar-refractivity contribution is 6.31. The molecule has 1 aromatic carbocycles. The molecule has 2 aromatic rings. The molecule has 0 bridgehead atoms. The van der Waals surface area contributed by atoms with Crippen LogP contribution in [0, 0.1) is 22.9 Å². The van der Waals surface area contributed by atoms with E-state index in [-0.39, 0.29) is 16.8 Å². The van der Waals surface area contributed by atoms with Crippen LogP contribution in [0.3, 0.4) is 0 Å². The van der Waals surface area contributed by atoms with Crippen LogP contribution in [-0.4, -0.2) is 14.9 Å². The van der Waals surface area contributed by atoms with Gasteiger partial charge in [0.05, 0.1) is 4.92 Å². The summed E-state index contributed by atoms with van der Waals surface area (Å²) in [4.78, 5) is 17.2. The van der Waals surface area contributed by atoms with E-state index in [0.29, 0.717) is 5.56 Å². The lowest BCUT2D eigenvalue weighted by molar-refractivity contribution is -0.386. The van der Waals surface area contributed by atoms with Crippen molar-refractivity contribution in [2.45, 2.75) is 6.92 Å². The highest BCUT2D eigenvalue weighted by Crippen LogP contribution is 2.33. The van der Waals surface area contributed by atoms with Crippen molar-refractivity contribution in [2.24, 2.45) is 0 Å². The summed E-state index contributed by atoms with van der Waals surface area (Å²) in [5.74, 6) is -0.741. The molecule has 1 heterocycles. The maximum atomic E-state index is 13.3. The standard InChI is InChI=1S/C11H7ClFN3O3/c1-6-2-3-7(4-8(6)13)19-11-9(16(17)18)10(12)14-5-15-11/h2-5H,1H3. The molecule has 6 nitrogen and oxygen atoms in total. The van der Waals surface area contributed by atoms with Crippen molar-refractivity contribution in [2.75, 3.05) is 0 Å². The van der Waals surface area contributed by atoms with Gasteiger partial charge in [-0.05, 0) is 18.6 Å². The monoisotopic (exact) mass is 283 g/mol. The van der Waals surface area contributed by atoms with E-state index in [1.807, 2.05) is 0 Å². The number of nitro groups is 1. The van der Waals surface area contributed by atoms with E-state index in [1.54, 1.807) is 6.92 Å². The highest BCUT2D eigenvalue weighted by Gasteiger charge is 2.23. The van der Waals surface area contributed by atoms with E-state index in [0.717, 1.165) is 12.4 Å². The third kappa shape index (κ3) is 2.76. The summed E-state index contributed by atoms with van der Waals surface area (Å²) in [7, 11) is 0. The number of aromatic nitrogens is 2. The molecule has 0 atom stereocenters. The van der Waals surface area contributed by atoms with Gasteiger partial charge in [0.1, 0.15) is 17.9 Å². The van der Waals surface area contributed by atoms with Crippen LogP contribution < -0.4 is 4.74 Å². The molecule has 2 rings (SSSR count). The van der Waals surface area contributed by atoms with Gasteiger partial charge < -0.3 is 4.74 Å². The van der Waals surface area contributed by atoms with Crippen molar-refractivity contribution >= 4 is 17.3 Å². The zero-order chi connectivity index (χ0) is 14.0. The van der Waals surface area contributed by atoms with Crippen LogP contribution in [0.2, 0.25) is 5.15 Å². The summed E-state index contributed by atoms with van der Waals surface area (Å²) in [5, 5.41) is 10.5. The van der Waals surface area contributed by atoms with Gasteiger partial charge in [-0.3, -0.25) is 10.1 Å². The molecule has 8 heteroatoms. The first kappa shape index (κ1) is 13.2. The summed E-state index contributed by atoms with van der Waals surface area (Å²) in [6, 6.07) is 4.06. The molecule has 0 spiro atoms. The van der Waals surface area contributed by atoms with Gasteiger partial charge >= 0.3 is 11.6 Å². The molecule has 0 amide bonds. The third-order valence-electron chi connectivity index (χ3n) is 2.28. The number of ether oxygens (including phenoxy) is 1. The zero-order valence-electron chi connectivity index (χ0n) is 9.63. The Morgan fingerprint density at radius 3 is 2.79 bits per heavy atom. The first-order valence-corrected chi connectivity index (χ1v) is 5.45. The van der Waals surface area contributed by atoms with E-state index in [4.69, 9.17) is 16.3 Å². The number of hydrogen-bond acceptors (Lipinski definition) is 5. The second-order valence-corrected chi connectivity index (χ2v) is 3.95. The van der Waals surface area contributed by atoms with Gasteiger partial charge in [-0.1, -0.05) is 17.7 Å². The summed E-state index contributed by atoms with van der Waals surface area (Å²) < 4.78 is 18.5. The van der Waals surface area contributed by atoms with Crippen molar-refractivity contribution in [3.8, 4) is 11.6 Å². The second kappa shape index (κ2) is 5.15. The fourth-order valence-electron chi connectivity index (χ4n) is 1.32. The molecular formula is C11H7ClFN3O3. The minimum atomic E-state index is -0.762. The molecule has 0 saturated carbocycles. The maximum Gasteiger partial charge on any atom is 0.368 e. The summed E-state index contributed by atoms with van der Waals surface area (Å²) in [5.41, 5.74) is -0.132. The lowest BCUT2D eigenvalue weighted by atomic mass is 10.2. The average molecular weight is 284 g/mol. The molecule has 0 fully saturated rings. The fourth-order valence-corrected chi connectivity index (χ4v) is 1.51. The van der Waals surface area contributed by atoms with Crippen molar-refractivity contribution in [3.63, 3.8) is 0 Å². The molecular weight excluding hydrogens is 277 g/mol. The van der Waals surface area contributed by atoms with Gasteiger partial charge in [0.2, 0.25) is 5.15 Å². The van der Waals surface area contributed by atoms with Crippen LogP contribution in [0.5, 0.6) is 11.6 Å². The summed E-state index contributed by atoms with van der Waals surface area (Å²) in [6.45, 7) is 1.59. The largest absolute Gasteiger partial charge is 0.433 e. The van der Waals surface area contributed by atoms with E-state index < -0.39 is 16.4 Å². The Hall–Kier alpha value is -2.28. The van der Waals surface area contributed by atoms with Gasteiger partial charge in [-0.25, -0.2) is 9.37 Å². The maximum absolute atomic E-state index is 13.3. The van der Waals surface area contributed by atoms with Crippen LogP contribution >= 0.6 is 11.6 Å². The second-order valence-electron chi connectivity index (χ2n) is 3.59. The number of benzene rings is 1. The van der Waals surface area contributed by atoms with Gasteiger partial charge in [-0.15, -0.1) is 0 Å². The van der Waals surface area contributed by atoms with Gasteiger partial charge in [0, 0.05) is 6.07 Å². The third-order valence-corrected chi connectivity index (χ3v) is 2.56. The number of rotatable bonds is 3. The molecule has 0 aliphatic carbocycles. The SMILES string of the molecule is Cc1ccc(Oc2ncnc(Cl)c2[N+](=O)[O-])cc1F. The van der Waals surface area contributed by atoms with Crippen LogP contribution in [0.15, 0.2) is 24.5 Å². The topological polar surface area (TPSA) is 78.2 Å². The highest BCUT2D eigenvalue weighted by atomic mass is 35.5. The molecule has 0 N–H and O–H groups in total. The summed E-state index contributed by atoms with van der Waals surface area (Å²) in [6.07, 6.45) is 1.02. The lowest BCUT2D eigenvalue weighted by Crippen LogP contribution is -1.98. The zero-order valence-corrected chi connectivity index (χ0v) is 10.4. The van der Waals surface area contributed by atoms with Crippen molar-refractivity contribution in [3.05, 3.63) is 51.2 Å². The smallest absolute Gasteiger partial charge is 0.368 e. The lowest BCUT2D eigenvalue weighted by Gasteiger charge is -2.06. The molecule has 0 aliphatic heterocycles. The normalized spacial score (nSPS) is 10.3. The Bertz CT molecular complexity index is 651. The number of nitrogens with zero attached hydrogens (tertiary/aromatic N) is 3. The van der Waals surface area contributed by atoms with E-state index >= 15 is 0 Å². The van der Waals surface area contributed by atoms with E-state index in [1.165, 1.54) is 12.1 Å². The van der Waals surface area contributed by atoms with Crippen LogP contribution in [0.1, 0.15) is 5.56 Å². The predicted octanol–water partition coefficient (Wildman–Crippen LogP) is 3.28. The first-order valence-electron chi connectivity index (χ1n) is 5.08. The molecule has 0 aliphatic rings. The molecule has 0 saturated heterocycles. The Morgan fingerprint density at radius 1 is 1.42 bits per heavy atom. The minimum absolute atomic E-state index is 0.0842. The van der Waals surface area contributed by atoms with Gasteiger partial charge in [-0.2, -0.15) is 4.98 Å². The van der Waals surface area contributed by atoms with Gasteiger partial charge in [0.25, 0.3) is 0 Å². The first-order chi connectivity index (χ1) is 8.99. The molecule has 1 aromatic heterocycles. The van der Waals surface area contributed by atoms with Crippen LogP contribution in [0.4, 0.5) is 10.1 Å². The Balaban J connectivity index is 2.40. The van der Waals surface area contributed by atoms with E-state index in [9.17, 15) is 14.5 Å². The fraction of sp³-hybridized carbons (Fsp3) is 0.0909. The minimum Gasteiger partial charge on any atom is -0.433 e. The number of aryl methyl sites for hydroxylation is 1. The average Bonchev–Trinajstić information content (AvgIpc) is 2.33. The van der Waals surface area contributed by atoms with Crippen molar-refractivity contribution in [1.82, 2.24) is 9.97 Å². The Labute approximate surface area is 112 Å². The molecule has 0 unspecified atom stereocenters. The number of hydrogen-bond donors (Lipinski definition) is 0. The Kier molecular flexibility index (Phi) is 3.57. The quantitative estimate of drug-likeness (QED) is 0.491. The Morgan fingerprint density at radius 2 is 2.16 bits per heavy atom. The van der Waals surface area contributed by atoms with Crippen molar-refractivity contribution in [1.29, 1.82) is 0 Å². The van der Waals surface area contributed by atoms with Crippen LogP contribution in [-0.2, 0) is 0 Å². The molecule has 0 radical (unpaired) electrons. The molecule has 98 valence electrons. The van der Waals surface area contributed by atoms with Gasteiger partial charge in [0.15, 0.2) is 0 Å². The molecule has 19 heavy (non-hydrogen) atoms.